The zero-order chi connectivity index (χ0) is 15.2. The molecule has 0 aliphatic carbocycles. The predicted octanol–water partition coefficient (Wildman–Crippen LogP) is 3.30. The van der Waals surface area contributed by atoms with Crippen LogP contribution in [0.1, 0.15) is 24.1 Å². The lowest BCUT2D eigenvalue weighted by Crippen LogP contribution is -2.31. The van der Waals surface area contributed by atoms with Crippen LogP contribution in [-0.2, 0) is 4.79 Å². The number of hydrogen-bond acceptors (Lipinski definition) is 3. The number of benzene rings is 1. The average molecular weight is 305 g/mol. The highest BCUT2D eigenvalue weighted by Gasteiger charge is 2.10. The fraction of sp³-hybridized carbons (Fsp3) is 0.250. The van der Waals surface area contributed by atoms with Crippen LogP contribution in [0.4, 0.5) is 0 Å². The van der Waals surface area contributed by atoms with E-state index < -0.39 is 0 Å². The largest absolute Gasteiger partial charge is 0.484 e. The number of nitrogens with one attached hydrogen (secondary N) is 1. The van der Waals surface area contributed by atoms with Gasteiger partial charge in [0, 0.05) is 17.4 Å². The molecule has 2 aromatic rings. The zero-order valence-corrected chi connectivity index (χ0v) is 12.7. The average Bonchev–Trinajstić information content (AvgIpc) is 2.49. The van der Waals surface area contributed by atoms with Crippen molar-refractivity contribution >= 4 is 17.5 Å². The van der Waals surface area contributed by atoms with Crippen molar-refractivity contribution in [1.29, 1.82) is 0 Å². The topological polar surface area (TPSA) is 51.2 Å². The molecule has 0 aliphatic rings. The van der Waals surface area contributed by atoms with Crippen molar-refractivity contribution in [3.63, 3.8) is 0 Å². The number of ether oxygens (including phenoxy) is 1. The standard InChI is InChI=1S/C16H17ClN2O2/c1-11-9-14(3-4-15(11)17)21-10-16(20)19-12(2)13-5-7-18-8-6-13/h3-9,12H,10H2,1-2H3,(H,19,20). The number of nitrogens with zero attached hydrogens (tertiary/aromatic N) is 1. The lowest BCUT2D eigenvalue weighted by atomic mass is 10.1. The number of rotatable bonds is 5. The third-order valence-electron chi connectivity index (χ3n) is 3.08. The molecule has 110 valence electrons. The van der Waals surface area contributed by atoms with Gasteiger partial charge >= 0.3 is 0 Å². The van der Waals surface area contributed by atoms with E-state index in [4.69, 9.17) is 16.3 Å². The van der Waals surface area contributed by atoms with Crippen LogP contribution in [0.3, 0.4) is 0 Å². The van der Waals surface area contributed by atoms with Crippen LogP contribution in [0, 0.1) is 6.92 Å². The van der Waals surface area contributed by atoms with Crippen LogP contribution >= 0.6 is 11.6 Å². The number of pyridine rings is 1. The van der Waals surface area contributed by atoms with Crippen LogP contribution in [0.15, 0.2) is 42.7 Å². The summed E-state index contributed by atoms with van der Waals surface area (Å²) in [5.74, 6) is 0.454. The van der Waals surface area contributed by atoms with Gasteiger partial charge in [-0.25, -0.2) is 0 Å². The summed E-state index contributed by atoms with van der Waals surface area (Å²) < 4.78 is 5.46. The van der Waals surface area contributed by atoms with Gasteiger partial charge in [0.25, 0.3) is 5.91 Å². The minimum Gasteiger partial charge on any atom is -0.484 e. The molecule has 2 rings (SSSR count). The molecule has 1 amide bonds. The number of aryl methyl sites for hydroxylation is 1. The summed E-state index contributed by atoms with van der Waals surface area (Å²) in [5.41, 5.74) is 1.92. The molecule has 1 unspecified atom stereocenters. The van der Waals surface area contributed by atoms with E-state index in [1.54, 1.807) is 24.5 Å². The van der Waals surface area contributed by atoms with Gasteiger partial charge in [-0.3, -0.25) is 9.78 Å². The fourth-order valence-corrected chi connectivity index (χ4v) is 1.99. The molecule has 1 N–H and O–H groups in total. The minimum absolute atomic E-state index is 0.0313. The predicted molar refractivity (Wildman–Crippen MR) is 82.5 cm³/mol. The van der Waals surface area contributed by atoms with Gasteiger partial charge in [0.1, 0.15) is 5.75 Å². The van der Waals surface area contributed by atoms with E-state index in [-0.39, 0.29) is 18.6 Å². The molecule has 0 saturated heterocycles. The molecule has 1 aromatic heterocycles. The minimum atomic E-state index is -0.174. The summed E-state index contributed by atoms with van der Waals surface area (Å²) in [5, 5.41) is 3.55. The Morgan fingerprint density at radius 3 is 2.71 bits per heavy atom. The number of hydrogen-bond donors (Lipinski definition) is 1. The third kappa shape index (κ3) is 4.46. The second-order valence-corrected chi connectivity index (χ2v) is 5.18. The Labute approximate surface area is 129 Å². The molecule has 5 heteroatoms. The summed E-state index contributed by atoms with van der Waals surface area (Å²) in [7, 11) is 0. The molecule has 4 nitrogen and oxygen atoms in total. The van der Waals surface area contributed by atoms with Gasteiger partial charge in [-0.1, -0.05) is 11.6 Å². The summed E-state index contributed by atoms with van der Waals surface area (Å²) in [6.07, 6.45) is 3.40. The van der Waals surface area contributed by atoms with Gasteiger partial charge in [-0.15, -0.1) is 0 Å². The van der Waals surface area contributed by atoms with Gasteiger partial charge < -0.3 is 10.1 Å². The lowest BCUT2D eigenvalue weighted by Gasteiger charge is -2.14. The maximum Gasteiger partial charge on any atom is 0.258 e. The molecule has 1 heterocycles. The SMILES string of the molecule is Cc1cc(OCC(=O)NC(C)c2ccncc2)ccc1Cl. The van der Waals surface area contributed by atoms with Crippen LogP contribution in [-0.4, -0.2) is 17.5 Å². The molecule has 0 saturated carbocycles. The monoisotopic (exact) mass is 304 g/mol. The number of aromatic nitrogens is 1. The second-order valence-electron chi connectivity index (χ2n) is 4.77. The normalized spacial score (nSPS) is 11.8. The molecular weight excluding hydrogens is 288 g/mol. The van der Waals surface area contributed by atoms with E-state index in [1.165, 1.54) is 0 Å². The van der Waals surface area contributed by atoms with Crippen LogP contribution in [0.5, 0.6) is 5.75 Å². The summed E-state index contributed by atoms with van der Waals surface area (Å²) in [6, 6.07) is 8.96. The van der Waals surface area contributed by atoms with Gasteiger partial charge in [0.15, 0.2) is 6.61 Å². The van der Waals surface area contributed by atoms with Crippen LogP contribution in [0.2, 0.25) is 5.02 Å². The number of halogens is 1. The Morgan fingerprint density at radius 1 is 1.33 bits per heavy atom. The maximum atomic E-state index is 11.9. The maximum absolute atomic E-state index is 11.9. The highest BCUT2D eigenvalue weighted by molar-refractivity contribution is 6.31. The first-order valence-corrected chi connectivity index (χ1v) is 7.02. The second kappa shape index (κ2) is 7.09. The van der Waals surface area contributed by atoms with E-state index in [2.05, 4.69) is 10.3 Å². The van der Waals surface area contributed by atoms with E-state index in [1.807, 2.05) is 32.0 Å². The van der Waals surface area contributed by atoms with Crippen molar-refractivity contribution in [3.05, 3.63) is 58.9 Å². The van der Waals surface area contributed by atoms with Gasteiger partial charge in [-0.2, -0.15) is 0 Å². The van der Waals surface area contributed by atoms with Crippen molar-refractivity contribution < 1.29 is 9.53 Å². The smallest absolute Gasteiger partial charge is 0.258 e. The number of carbonyl (C=O) groups excluding carboxylic acids is 1. The Morgan fingerprint density at radius 2 is 2.05 bits per heavy atom. The molecular formula is C16H17ClN2O2. The molecule has 0 spiro atoms. The highest BCUT2D eigenvalue weighted by Crippen LogP contribution is 2.21. The van der Waals surface area contributed by atoms with E-state index >= 15 is 0 Å². The van der Waals surface area contributed by atoms with Crippen LogP contribution < -0.4 is 10.1 Å². The molecule has 0 radical (unpaired) electrons. The van der Waals surface area contributed by atoms with E-state index in [0.29, 0.717) is 10.8 Å². The Hall–Kier alpha value is -2.07. The molecule has 0 bridgehead atoms. The third-order valence-corrected chi connectivity index (χ3v) is 3.51. The van der Waals surface area contributed by atoms with E-state index in [0.717, 1.165) is 11.1 Å². The number of amides is 1. The fourth-order valence-electron chi connectivity index (χ4n) is 1.87. The highest BCUT2D eigenvalue weighted by atomic mass is 35.5. The molecule has 1 atom stereocenters. The quantitative estimate of drug-likeness (QED) is 0.922. The van der Waals surface area contributed by atoms with Gasteiger partial charge in [0.05, 0.1) is 6.04 Å². The Balaban J connectivity index is 1.86. The van der Waals surface area contributed by atoms with Crippen molar-refractivity contribution in [2.75, 3.05) is 6.61 Å². The number of carbonyl (C=O) groups is 1. The molecule has 0 aliphatic heterocycles. The van der Waals surface area contributed by atoms with Crippen molar-refractivity contribution in [2.24, 2.45) is 0 Å². The summed E-state index contributed by atoms with van der Waals surface area (Å²) in [6.45, 7) is 3.77. The first kappa shape index (κ1) is 15.3. The summed E-state index contributed by atoms with van der Waals surface area (Å²) in [4.78, 5) is 15.8. The van der Waals surface area contributed by atoms with Gasteiger partial charge in [0.2, 0.25) is 0 Å². The zero-order valence-electron chi connectivity index (χ0n) is 12.0. The Bertz CT molecular complexity index is 617. The van der Waals surface area contributed by atoms with Crippen LogP contribution in [0.25, 0.3) is 0 Å². The Kier molecular flexibility index (Phi) is 5.17. The first-order chi connectivity index (χ1) is 10.1. The van der Waals surface area contributed by atoms with Gasteiger partial charge in [-0.05, 0) is 55.3 Å². The lowest BCUT2D eigenvalue weighted by molar-refractivity contribution is -0.123. The van der Waals surface area contributed by atoms with Crippen molar-refractivity contribution in [3.8, 4) is 5.75 Å². The molecule has 0 fully saturated rings. The van der Waals surface area contributed by atoms with Crippen molar-refractivity contribution in [2.45, 2.75) is 19.9 Å². The first-order valence-electron chi connectivity index (χ1n) is 6.64. The van der Waals surface area contributed by atoms with E-state index in [9.17, 15) is 4.79 Å². The van der Waals surface area contributed by atoms with Crippen molar-refractivity contribution in [1.82, 2.24) is 10.3 Å². The molecule has 21 heavy (non-hydrogen) atoms. The summed E-state index contributed by atoms with van der Waals surface area (Å²) >= 11 is 5.94. The molecule has 1 aromatic carbocycles.